The third-order valence-electron chi connectivity index (χ3n) is 5.37. The Labute approximate surface area is 145 Å². The van der Waals surface area contributed by atoms with Crippen LogP contribution in [0.25, 0.3) is 0 Å². The number of hydrogen-bond acceptors (Lipinski definition) is 6. The van der Waals surface area contributed by atoms with Crippen molar-refractivity contribution < 1.29 is 19.4 Å². The lowest BCUT2D eigenvalue weighted by Crippen LogP contribution is -2.65. The van der Waals surface area contributed by atoms with Crippen LogP contribution >= 0.6 is 0 Å². The van der Waals surface area contributed by atoms with E-state index in [1.807, 2.05) is 0 Å². The molecular weight excluding hydrogens is 326 g/mol. The molecule has 1 saturated carbocycles. The number of carbonyl (C=O) groups excluding carboxylic acids is 2. The van der Waals surface area contributed by atoms with Crippen LogP contribution in [0.4, 0.5) is 0 Å². The minimum Gasteiger partial charge on any atom is -0.383 e. The highest BCUT2D eigenvalue weighted by molar-refractivity contribution is 5.92. The Morgan fingerprint density at radius 2 is 2.20 bits per heavy atom. The first-order chi connectivity index (χ1) is 12.0. The SMILES string of the molecule is Cn1nncc1C(=O)NCC1CCC2(CN(C(=O)C(O)C3CC3)C2)O1. The van der Waals surface area contributed by atoms with Gasteiger partial charge in [0.1, 0.15) is 17.4 Å². The number of hydrogen-bond donors (Lipinski definition) is 2. The molecule has 2 saturated heterocycles. The van der Waals surface area contributed by atoms with Gasteiger partial charge in [-0.15, -0.1) is 5.10 Å². The van der Waals surface area contributed by atoms with E-state index in [0.29, 0.717) is 25.3 Å². The highest BCUT2D eigenvalue weighted by atomic mass is 16.5. The smallest absolute Gasteiger partial charge is 0.271 e. The first kappa shape index (κ1) is 16.5. The fraction of sp³-hybridized carbons (Fsp3) is 0.750. The highest BCUT2D eigenvalue weighted by Crippen LogP contribution is 2.40. The summed E-state index contributed by atoms with van der Waals surface area (Å²) in [7, 11) is 1.67. The maximum atomic E-state index is 12.2. The monoisotopic (exact) mass is 349 g/mol. The van der Waals surface area contributed by atoms with Crippen LogP contribution in [0.1, 0.15) is 36.2 Å². The van der Waals surface area contributed by atoms with Crippen LogP contribution in [-0.4, -0.2) is 74.3 Å². The predicted molar refractivity (Wildman–Crippen MR) is 85.5 cm³/mol. The third-order valence-corrected chi connectivity index (χ3v) is 5.37. The fourth-order valence-corrected chi connectivity index (χ4v) is 3.67. The van der Waals surface area contributed by atoms with Gasteiger partial charge in [0.15, 0.2) is 0 Å². The number of aryl methyl sites for hydroxylation is 1. The summed E-state index contributed by atoms with van der Waals surface area (Å²) in [6, 6.07) is 0. The maximum absolute atomic E-state index is 12.2. The molecule has 2 unspecified atom stereocenters. The van der Waals surface area contributed by atoms with Gasteiger partial charge >= 0.3 is 0 Å². The molecule has 1 spiro atoms. The van der Waals surface area contributed by atoms with Gasteiger partial charge in [-0.2, -0.15) is 0 Å². The van der Waals surface area contributed by atoms with Crippen molar-refractivity contribution in [3.05, 3.63) is 11.9 Å². The number of nitrogens with one attached hydrogen (secondary N) is 1. The number of ether oxygens (including phenoxy) is 1. The summed E-state index contributed by atoms with van der Waals surface area (Å²) in [6.45, 7) is 1.49. The summed E-state index contributed by atoms with van der Waals surface area (Å²) in [4.78, 5) is 25.9. The lowest BCUT2D eigenvalue weighted by atomic mass is 9.90. The Bertz CT molecular complexity index is 680. The van der Waals surface area contributed by atoms with Crippen LogP contribution in [-0.2, 0) is 16.6 Å². The van der Waals surface area contributed by atoms with E-state index in [2.05, 4.69) is 15.6 Å². The van der Waals surface area contributed by atoms with Gasteiger partial charge in [0, 0.05) is 13.6 Å². The van der Waals surface area contributed by atoms with Crippen molar-refractivity contribution in [1.82, 2.24) is 25.2 Å². The minimum atomic E-state index is -0.846. The largest absolute Gasteiger partial charge is 0.383 e. The molecule has 9 nitrogen and oxygen atoms in total. The summed E-state index contributed by atoms with van der Waals surface area (Å²) in [5.74, 6) is -0.245. The lowest BCUT2D eigenvalue weighted by molar-refractivity contribution is -0.172. The number of aliphatic hydroxyl groups is 1. The molecular formula is C16H23N5O4. The summed E-state index contributed by atoms with van der Waals surface area (Å²) < 4.78 is 7.51. The molecule has 0 radical (unpaired) electrons. The Hall–Kier alpha value is -2.00. The molecule has 1 aromatic heterocycles. The summed E-state index contributed by atoms with van der Waals surface area (Å²) in [5, 5.41) is 20.2. The number of nitrogens with zero attached hydrogens (tertiary/aromatic N) is 4. The standard InChI is InChI=1S/C16H23N5O4/c1-20-12(7-18-19-20)14(23)17-6-11-4-5-16(25-11)8-21(9-16)15(24)13(22)10-2-3-10/h7,10-11,13,22H,2-6,8-9H2,1H3,(H,17,23). The number of carbonyl (C=O) groups is 2. The Morgan fingerprint density at radius 1 is 1.44 bits per heavy atom. The topological polar surface area (TPSA) is 110 Å². The zero-order valence-electron chi connectivity index (χ0n) is 14.2. The van der Waals surface area contributed by atoms with E-state index in [0.717, 1.165) is 25.7 Å². The van der Waals surface area contributed by atoms with Gasteiger partial charge in [0.2, 0.25) is 0 Å². The Morgan fingerprint density at radius 3 is 2.84 bits per heavy atom. The predicted octanol–water partition coefficient (Wildman–Crippen LogP) is -0.924. The molecule has 2 aliphatic heterocycles. The Kier molecular flexibility index (Phi) is 3.99. The van der Waals surface area contributed by atoms with Crippen molar-refractivity contribution in [3.8, 4) is 0 Å². The highest BCUT2D eigenvalue weighted by Gasteiger charge is 2.52. The Balaban J connectivity index is 1.23. The van der Waals surface area contributed by atoms with Gasteiger partial charge in [0.25, 0.3) is 11.8 Å². The van der Waals surface area contributed by atoms with Crippen molar-refractivity contribution in [3.63, 3.8) is 0 Å². The quantitative estimate of drug-likeness (QED) is 0.711. The molecule has 2 N–H and O–H groups in total. The van der Waals surface area contributed by atoms with E-state index in [-0.39, 0.29) is 29.4 Å². The number of rotatable bonds is 5. The molecule has 1 aliphatic carbocycles. The van der Waals surface area contributed by atoms with Crippen molar-refractivity contribution in [2.45, 2.75) is 43.5 Å². The zero-order chi connectivity index (χ0) is 17.6. The minimum absolute atomic E-state index is 0.0595. The molecule has 25 heavy (non-hydrogen) atoms. The molecule has 3 heterocycles. The van der Waals surface area contributed by atoms with Gasteiger partial charge in [-0.05, 0) is 31.6 Å². The van der Waals surface area contributed by atoms with Gasteiger partial charge in [-0.3, -0.25) is 9.59 Å². The average molecular weight is 349 g/mol. The van der Waals surface area contributed by atoms with Gasteiger partial charge in [-0.25, -0.2) is 4.68 Å². The number of amides is 2. The van der Waals surface area contributed by atoms with Crippen molar-refractivity contribution in [2.24, 2.45) is 13.0 Å². The van der Waals surface area contributed by atoms with Crippen LogP contribution in [0.3, 0.4) is 0 Å². The summed E-state index contributed by atoms with van der Waals surface area (Å²) in [5.41, 5.74) is 0.102. The number of aliphatic hydroxyl groups excluding tert-OH is 1. The number of likely N-dealkylation sites (tertiary alicyclic amines) is 1. The lowest BCUT2D eigenvalue weighted by Gasteiger charge is -2.48. The molecule has 2 atom stereocenters. The van der Waals surface area contributed by atoms with E-state index in [1.54, 1.807) is 11.9 Å². The van der Waals surface area contributed by atoms with E-state index in [4.69, 9.17) is 4.74 Å². The molecule has 3 aliphatic rings. The second-order valence-electron chi connectivity index (χ2n) is 7.39. The first-order valence-electron chi connectivity index (χ1n) is 8.75. The van der Waals surface area contributed by atoms with Crippen LogP contribution < -0.4 is 5.32 Å². The zero-order valence-corrected chi connectivity index (χ0v) is 14.2. The van der Waals surface area contributed by atoms with Crippen molar-refractivity contribution in [2.75, 3.05) is 19.6 Å². The molecule has 4 rings (SSSR count). The van der Waals surface area contributed by atoms with E-state index in [1.165, 1.54) is 10.9 Å². The van der Waals surface area contributed by atoms with E-state index >= 15 is 0 Å². The van der Waals surface area contributed by atoms with Crippen LogP contribution in [0, 0.1) is 5.92 Å². The molecule has 3 fully saturated rings. The van der Waals surface area contributed by atoms with E-state index < -0.39 is 6.10 Å². The second-order valence-corrected chi connectivity index (χ2v) is 7.39. The van der Waals surface area contributed by atoms with Crippen LogP contribution in [0.2, 0.25) is 0 Å². The normalized spacial score (nSPS) is 25.7. The second kappa shape index (κ2) is 6.06. The average Bonchev–Trinajstić information content (AvgIpc) is 3.18. The summed E-state index contributed by atoms with van der Waals surface area (Å²) >= 11 is 0. The number of aromatic nitrogens is 3. The molecule has 9 heteroatoms. The van der Waals surface area contributed by atoms with Crippen molar-refractivity contribution >= 4 is 11.8 Å². The maximum Gasteiger partial charge on any atom is 0.271 e. The van der Waals surface area contributed by atoms with Crippen LogP contribution in [0.5, 0.6) is 0 Å². The molecule has 2 amide bonds. The molecule has 0 aromatic carbocycles. The van der Waals surface area contributed by atoms with Crippen molar-refractivity contribution in [1.29, 1.82) is 0 Å². The third kappa shape index (κ3) is 3.13. The van der Waals surface area contributed by atoms with Gasteiger partial charge in [-0.1, -0.05) is 5.21 Å². The first-order valence-corrected chi connectivity index (χ1v) is 8.75. The summed E-state index contributed by atoms with van der Waals surface area (Å²) in [6.07, 6.45) is 4.11. The van der Waals surface area contributed by atoms with Crippen LogP contribution in [0.15, 0.2) is 6.20 Å². The van der Waals surface area contributed by atoms with Gasteiger partial charge in [0.05, 0.1) is 25.4 Å². The van der Waals surface area contributed by atoms with Gasteiger partial charge < -0.3 is 20.1 Å². The molecule has 0 bridgehead atoms. The molecule has 1 aromatic rings. The fourth-order valence-electron chi connectivity index (χ4n) is 3.67. The molecule has 136 valence electrons. The van der Waals surface area contributed by atoms with E-state index in [9.17, 15) is 14.7 Å².